The molecule has 1 aromatic heterocycles. The van der Waals surface area contributed by atoms with Crippen LogP contribution in [0, 0.1) is 24.2 Å². The smallest absolute Gasteiger partial charge is 0.222 e. The molecule has 138 valence electrons. The topological polar surface area (TPSA) is 75.9 Å². The van der Waals surface area contributed by atoms with Gasteiger partial charge in [-0.1, -0.05) is 17.7 Å². The number of allylic oxidation sites excluding steroid dienone is 2. The van der Waals surface area contributed by atoms with Crippen LogP contribution in [-0.2, 0) is 0 Å². The third-order valence-electron chi connectivity index (χ3n) is 4.60. The maximum absolute atomic E-state index is 12.1. The molecule has 0 radical (unpaired) electrons. The SMILES string of the molecule is Cc1cnc(C(=O)/C=C/C2CCC(Oc3ccc(C#N)c(Cl)c3)CC2)nc1. The van der Waals surface area contributed by atoms with Gasteiger partial charge in [-0.25, -0.2) is 9.97 Å². The van der Waals surface area contributed by atoms with Crippen molar-refractivity contribution < 1.29 is 9.53 Å². The zero-order valence-electron chi connectivity index (χ0n) is 15.1. The Morgan fingerprint density at radius 1 is 1.26 bits per heavy atom. The highest BCUT2D eigenvalue weighted by Crippen LogP contribution is 2.30. The van der Waals surface area contributed by atoms with Crippen LogP contribution in [-0.4, -0.2) is 21.9 Å². The number of halogens is 1. The van der Waals surface area contributed by atoms with E-state index in [9.17, 15) is 4.79 Å². The molecule has 0 N–H and O–H groups in total. The Hall–Kier alpha value is -2.71. The summed E-state index contributed by atoms with van der Waals surface area (Å²) in [4.78, 5) is 20.2. The van der Waals surface area contributed by atoms with E-state index in [0.717, 1.165) is 31.2 Å². The zero-order valence-corrected chi connectivity index (χ0v) is 15.8. The van der Waals surface area contributed by atoms with Gasteiger partial charge in [0.2, 0.25) is 5.78 Å². The van der Waals surface area contributed by atoms with Crippen LogP contribution in [0.15, 0.2) is 42.7 Å². The van der Waals surface area contributed by atoms with Crippen molar-refractivity contribution in [2.75, 3.05) is 0 Å². The number of carbonyl (C=O) groups excluding carboxylic acids is 1. The molecule has 6 heteroatoms. The Bertz CT molecular complexity index is 879. The summed E-state index contributed by atoms with van der Waals surface area (Å²) in [6.07, 6.45) is 10.7. The van der Waals surface area contributed by atoms with E-state index in [2.05, 4.69) is 9.97 Å². The second kappa shape index (κ2) is 8.79. The van der Waals surface area contributed by atoms with Crippen LogP contribution in [0.3, 0.4) is 0 Å². The number of nitrogens with zero attached hydrogens (tertiary/aromatic N) is 3. The van der Waals surface area contributed by atoms with Crippen molar-refractivity contribution in [2.24, 2.45) is 5.92 Å². The molecular weight excluding hydrogens is 362 g/mol. The first-order valence-corrected chi connectivity index (χ1v) is 9.30. The quantitative estimate of drug-likeness (QED) is 0.554. The normalized spacial score (nSPS) is 19.6. The standard InChI is InChI=1S/C21H20ClN3O2/c1-14-12-24-21(25-13-14)20(26)9-4-15-2-6-17(7-3-15)27-18-8-5-16(11-23)19(22)10-18/h4-5,8-10,12-13,15,17H,2-3,6-7H2,1H3/b9-4+. The number of benzene rings is 1. The molecule has 0 bridgehead atoms. The van der Waals surface area contributed by atoms with Crippen LogP contribution in [0.25, 0.3) is 0 Å². The fraction of sp³-hybridized carbons (Fsp3) is 0.333. The van der Waals surface area contributed by atoms with Crippen LogP contribution in [0.5, 0.6) is 5.75 Å². The van der Waals surface area contributed by atoms with Crippen molar-refractivity contribution in [3.63, 3.8) is 0 Å². The first kappa shape index (κ1) is 19.1. The summed E-state index contributed by atoms with van der Waals surface area (Å²) < 4.78 is 5.99. The average molecular weight is 382 g/mol. The molecular formula is C21H20ClN3O2. The minimum Gasteiger partial charge on any atom is -0.490 e. The maximum atomic E-state index is 12.1. The third kappa shape index (κ3) is 5.15. The lowest BCUT2D eigenvalue weighted by Gasteiger charge is -2.27. The van der Waals surface area contributed by atoms with Crippen LogP contribution in [0.1, 0.15) is 47.4 Å². The van der Waals surface area contributed by atoms with Crippen molar-refractivity contribution >= 4 is 17.4 Å². The summed E-state index contributed by atoms with van der Waals surface area (Å²) in [7, 11) is 0. The van der Waals surface area contributed by atoms with E-state index in [1.807, 2.05) is 19.1 Å². The summed E-state index contributed by atoms with van der Waals surface area (Å²) >= 11 is 6.05. The van der Waals surface area contributed by atoms with Gasteiger partial charge in [0.15, 0.2) is 5.82 Å². The number of hydrogen-bond acceptors (Lipinski definition) is 5. The van der Waals surface area contributed by atoms with E-state index in [1.54, 1.807) is 36.7 Å². The van der Waals surface area contributed by atoms with Gasteiger partial charge in [0.1, 0.15) is 11.8 Å². The van der Waals surface area contributed by atoms with E-state index < -0.39 is 0 Å². The number of ketones is 1. The molecule has 27 heavy (non-hydrogen) atoms. The van der Waals surface area contributed by atoms with E-state index in [-0.39, 0.29) is 17.7 Å². The Kier molecular flexibility index (Phi) is 6.20. The van der Waals surface area contributed by atoms with Gasteiger partial charge >= 0.3 is 0 Å². The van der Waals surface area contributed by atoms with Crippen LogP contribution in [0.4, 0.5) is 0 Å². The molecule has 3 rings (SSSR count). The Balaban J connectivity index is 1.50. The van der Waals surface area contributed by atoms with Gasteiger partial charge < -0.3 is 4.74 Å². The number of aryl methyl sites for hydroxylation is 1. The van der Waals surface area contributed by atoms with E-state index >= 15 is 0 Å². The monoisotopic (exact) mass is 381 g/mol. The van der Waals surface area contributed by atoms with E-state index in [4.69, 9.17) is 21.6 Å². The minimum atomic E-state index is -0.166. The molecule has 0 aliphatic heterocycles. The number of nitriles is 1. The molecule has 0 saturated heterocycles. The summed E-state index contributed by atoms with van der Waals surface area (Å²) in [5.74, 6) is 1.10. The first-order valence-electron chi connectivity index (χ1n) is 8.92. The van der Waals surface area contributed by atoms with Gasteiger partial charge in [0.05, 0.1) is 16.7 Å². The van der Waals surface area contributed by atoms with Crippen molar-refractivity contribution in [1.82, 2.24) is 9.97 Å². The van der Waals surface area contributed by atoms with Crippen LogP contribution >= 0.6 is 11.6 Å². The molecule has 0 atom stereocenters. The molecule has 2 aromatic rings. The lowest BCUT2D eigenvalue weighted by Crippen LogP contribution is -2.23. The highest BCUT2D eigenvalue weighted by molar-refractivity contribution is 6.31. The number of ether oxygens (including phenoxy) is 1. The highest BCUT2D eigenvalue weighted by atomic mass is 35.5. The predicted molar refractivity (Wildman–Crippen MR) is 103 cm³/mol. The molecule has 1 aliphatic carbocycles. The van der Waals surface area contributed by atoms with Crippen molar-refractivity contribution in [2.45, 2.75) is 38.7 Å². The van der Waals surface area contributed by atoms with Crippen molar-refractivity contribution in [3.05, 3.63) is 64.7 Å². The number of rotatable bonds is 5. The van der Waals surface area contributed by atoms with Gasteiger partial charge in [-0.15, -0.1) is 0 Å². The van der Waals surface area contributed by atoms with Crippen molar-refractivity contribution in [1.29, 1.82) is 5.26 Å². The Labute approximate surface area is 163 Å². The molecule has 1 saturated carbocycles. The lowest BCUT2D eigenvalue weighted by atomic mass is 9.87. The largest absolute Gasteiger partial charge is 0.490 e. The number of carbonyl (C=O) groups is 1. The van der Waals surface area contributed by atoms with Gasteiger partial charge in [-0.05, 0) is 62.3 Å². The average Bonchev–Trinajstić information content (AvgIpc) is 2.68. The minimum absolute atomic E-state index is 0.120. The second-order valence-corrected chi connectivity index (χ2v) is 7.12. The van der Waals surface area contributed by atoms with Crippen LogP contribution in [0.2, 0.25) is 5.02 Å². The predicted octanol–water partition coefficient (Wildman–Crippen LogP) is 4.69. The maximum Gasteiger partial charge on any atom is 0.222 e. The zero-order chi connectivity index (χ0) is 19.2. The van der Waals surface area contributed by atoms with Gasteiger partial charge in [0.25, 0.3) is 0 Å². The fourth-order valence-corrected chi connectivity index (χ4v) is 3.28. The van der Waals surface area contributed by atoms with E-state index in [0.29, 0.717) is 22.3 Å². The third-order valence-corrected chi connectivity index (χ3v) is 4.92. The number of hydrogen-bond donors (Lipinski definition) is 0. The Morgan fingerprint density at radius 2 is 1.96 bits per heavy atom. The first-order chi connectivity index (χ1) is 13.0. The summed E-state index contributed by atoms with van der Waals surface area (Å²) in [6, 6.07) is 7.17. The summed E-state index contributed by atoms with van der Waals surface area (Å²) in [5.41, 5.74) is 1.37. The highest BCUT2D eigenvalue weighted by Gasteiger charge is 2.21. The molecule has 1 aromatic carbocycles. The molecule has 1 fully saturated rings. The molecule has 1 heterocycles. The Morgan fingerprint density at radius 3 is 2.59 bits per heavy atom. The molecule has 0 amide bonds. The van der Waals surface area contributed by atoms with E-state index in [1.165, 1.54) is 0 Å². The fourth-order valence-electron chi connectivity index (χ4n) is 3.07. The molecule has 0 spiro atoms. The summed E-state index contributed by atoms with van der Waals surface area (Å²) in [5, 5.41) is 9.33. The second-order valence-electron chi connectivity index (χ2n) is 6.72. The number of aromatic nitrogens is 2. The van der Waals surface area contributed by atoms with Gasteiger partial charge in [0, 0.05) is 18.5 Å². The van der Waals surface area contributed by atoms with Gasteiger partial charge in [-0.3, -0.25) is 4.79 Å². The lowest BCUT2D eigenvalue weighted by molar-refractivity contribution is 0.103. The van der Waals surface area contributed by atoms with Crippen molar-refractivity contribution in [3.8, 4) is 11.8 Å². The van der Waals surface area contributed by atoms with Gasteiger partial charge in [-0.2, -0.15) is 5.26 Å². The molecule has 1 aliphatic rings. The molecule has 0 unspecified atom stereocenters. The molecule has 5 nitrogen and oxygen atoms in total. The van der Waals surface area contributed by atoms with Crippen LogP contribution < -0.4 is 4.74 Å². The summed E-state index contributed by atoms with van der Waals surface area (Å²) in [6.45, 7) is 1.89.